The van der Waals surface area contributed by atoms with Crippen LogP contribution >= 0.6 is 0 Å². The van der Waals surface area contributed by atoms with E-state index in [2.05, 4.69) is 18.2 Å². The number of hydrogen-bond donors (Lipinski definition) is 1. The van der Waals surface area contributed by atoms with Gasteiger partial charge in [-0.2, -0.15) is 0 Å². The van der Waals surface area contributed by atoms with Gasteiger partial charge in [0.05, 0.1) is 0 Å². The summed E-state index contributed by atoms with van der Waals surface area (Å²) in [6, 6.07) is 6.39. The maximum Gasteiger partial charge on any atom is 0.0355 e. The van der Waals surface area contributed by atoms with E-state index in [1.54, 1.807) is 0 Å². The van der Waals surface area contributed by atoms with Crippen LogP contribution in [0, 0.1) is 0 Å². The van der Waals surface area contributed by atoms with Gasteiger partial charge < -0.3 is 5.73 Å². The molecule has 0 bridgehead atoms. The fourth-order valence-corrected chi connectivity index (χ4v) is 3.42. The number of nitrogen functional groups attached to an aromatic ring is 1. The van der Waals surface area contributed by atoms with Gasteiger partial charge in [-0.05, 0) is 36.5 Å². The normalized spacial score (nSPS) is 22.9. The molecule has 1 nitrogen and oxygen atoms in total. The highest BCUT2D eigenvalue weighted by Gasteiger charge is 2.44. The topological polar surface area (TPSA) is 26.0 Å². The number of nitrogens with two attached hydrogens (primary N) is 1. The number of benzene rings is 1. The van der Waals surface area contributed by atoms with Crippen LogP contribution in [-0.4, -0.2) is 0 Å². The van der Waals surface area contributed by atoms with E-state index in [1.165, 1.54) is 49.7 Å². The number of rotatable bonds is 0. The van der Waals surface area contributed by atoms with Gasteiger partial charge in [-0.15, -0.1) is 0 Å². The van der Waals surface area contributed by atoms with Gasteiger partial charge in [0.2, 0.25) is 0 Å². The summed E-state index contributed by atoms with van der Waals surface area (Å²) in [5.74, 6) is 0. The predicted octanol–water partition coefficient (Wildman–Crippen LogP) is 3.03. The molecule has 1 saturated carbocycles. The van der Waals surface area contributed by atoms with Gasteiger partial charge in [0.1, 0.15) is 0 Å². The molecule has 1 fully saturated rings. The smallest absolute Gasteiger partial charge is 0.0355 e. The molecular formula is C13H17N. The molecule has 0 heterocycles. The van der Waals surface area contributed by atoms with Crippen LogP contribution in [0.2, 0.25) is 0 Å². The van der Waals surface area contributed by atoms with E-state index in [4.69, 9.17) is 5.73 Å². The van der Waals surface area contributed by atoms with Gasteiger partial charge in [-0.3, -0.25) is 0 Å². The first-order valence-electron chi connectivity index (χ1n) is 5.70. The van der Waals surface area contributed by atoms with E-state index in [0.717, 1.165) is 5.69 Å². The predicted molar refractivity (Wildman–Crippen MR) is 59.3 cm³/mol. The van der Waals surface area contributed by atoms with Gasteiger partial charge in [0, 0.05) is 11.1 Å². The van der Waals surface area contributed by atoms with Crippen molar-refractivity contribution in [1.82, 2.24) is 0 Å². The number of anilines is 1. The maximum atomic E-state index is 6.08. The second-order valence-electron chi connectivity index (χ2n) is 4.90. The van der Waals surface area contributed by atoms with Crippen LogP contribution in [0.3, 0.4) is 0 Å². The zero-order chi connectivity index (χ0) is 9.60. The zero-order valence-electron chi connectivity index (χ0n) is 8.55. The summed E-state index contributed by atoms with van der Waals surface area (Å²) in [5, 5.41) is 0. The summed E-state index contributed by atoms with van der Waals surface area (Å²) in [6.07, 6.45) is 8.24. The molecule has 0 saturated heterocycles. The first-order chi connectivity index (χ1) is 6.82. The van der Waals surface area contributed by atoms with Crippen molar-refractivity contribution in [2.75, 3.05) is 5.73 Å². The van der Waals surface area contributed by atoms with Crippen molar-refractivity contribution in [3.05, 3.63) is 29.3 Å². The lowest BCUT2D eigenvalue weighted by Crippen LogP contribution is -2.41. The van der Waals surface area contributed by atoms with Gasteiger partial charge in [-0.25, -0.2) is 0 Å². The highest BCUT2D eigenvalue weighted by Crippen LogP contribution is 2.52. The Balaban J connectivity index is 2.03. The second kappa shape index (κ2) is 2.75. The molecular weight excluding hydrogens is 170 g/mol. The SMILES string of the molecule is Nc1cccc2c1C1(CCCCC1)C2. The van der Waals surface area contributed by atoms with Crippen LogP contribution in [0.15, 0.2) is 18.2 Å². The van der Waals surface area contributed by atoms with Crippen LogP contribution in [-0.2, 0) is 11.8 Å². The van der Waals surface area contributed by atoms with Crippen LogP contribution < -0.4 is 5.73 Å². The van der Waals surface area contributed by atoms with Crippen molar-refractivity contribution in [3.8, 4) is 0 Å². The molecule has 1 aromatic rings. The Morgan fingerprint density at radius 1 is 1.07 bits per heavy atom. The van der Waals surface area contributed by atoms with Crippen LogP contribution in [0.4, 0.5) is 5.69 Å². The minimum Gasteiger partial charge on any atom is -0.398 e. The zero-order valence-corrected chi connectivity index (χ0v) is 8.55. The first kappa shape index (κ1) is 8.34. The third kappa shape index (κ3) is 0.956. The lowest BCUT2D eigenvalue weighted by Gasteiger charge is -2.47. The molecule has 14 heavy (non-hydrogen) atoms. The van der Waals surface area contributed by atoms with Crippen LogP contribution in [0.1, 0.15) is 43.2 Å². The monoisotopic (exact) mass is 187 g/mol. The lowest BCUT2D eigenvalue weighted by molar-refractivity contribution is 0.257. The van der Waals surface area contributed by atoms with Crippen molar-refractivity contribution >= 4 is 5.69 Å². The summed E-state index contributed by atoms with van der Waals surface area (Å²) in [5.41, 5.74) is 10.6. The molecule has 3 rings (SSSR count). The summed E-state index contributed by atoms with van der Waals surface area (Å²) in [6.45, 7) is 0. The Kier molecular flexibility index (Phi) is 1.64. The van der Waals surface area contributed by atoms with Crippen molar-refractivity contribution in [2.45, 2.75) is 43.9 Å². The molecule has 2 N–H and O–H groups in total. The van der Waals surface area contributed by atoms with E-state index in [0.29, 0.717) is 5.41 Å². The molecule has 0 aliphatic heterocycles. The first-order valence-corrected chi connectivity index (χ1v) is 5.70. The highest BCUT2D eigenvalue weighted by molar-refractivity contribution is 5.61. The van der Waals surface area contributed by atoms with Crippen molar-refractivity contribution < 1.29 is 0 Å². The summed E-state index contributed by atoms with van der Waals surface area (Å²) >= 11 is 0. The molecule has 0 amide bonds. The van der Waals surface area contributed by atoms with Crippen LogP contribution in [0.25, 0.3) is 0 Å². The van der Waals surface area contributed by atoms with Crippen LogP contribution in [0.5, 0.6) is 0 Å². The summed E-state index contributed by atoms with van der Waals surface area (Å²) in [7, 11) is 0. The molecule has 0 aromatic heterocycles. The molecule has 1 heteroatoms. The Labute approximate surface area is 85.3 Å². The Morgan fingerprint density at radius 2 is 1.86 bits per heavy atom. The third-order valence-electron chi connectivity index (χ3n) is 4.05. The molecule has 0 unspecified atom stereocenters. The van der Waals surface area contributed by atoms with Crippen molar-refractivity contribution in [3.63, 3.8) is 0 Å². The largest absolute Gasteiger partial charge is 0.398 e. The van der Waals surface area contributed by atoms with Gasteiger partial charge in [-0.1, -0.05) is 31.4 Å². The molecule has 74 valence electrons. The quantitative estimate of drug-likeness (QED) is 0.621. The average Bonchev–Trinajstić information content (AvgIpc) is 2.17. The van der Waals surface area contributed by atoms with E-state index in [1.807, 2.05) is 0 Å². The molecule has 0 atom stereocenters. The molecule has 1 spiro atoms. The fourth-order valence-electron chi connectivity index (χ4n) is 3.42. The van der Waals surface area contributed by atoms with E-state index < -0.39 is 0 Å². The van der Waals surface area contributed by atoms with Crippen molar-refractivity contribution in [1.29, 1.82) is 0 Å². The van der Waals surface area contributed by atoms with Crippen molar-refractivity contribution in [2.24, 2.45) is 0 Å². The van der Waals surface area contributed by atoms with E-state index >= 15 is 0 Å². The molecule has 2 aliphatic carbocycles. The van der Waals surface area contributed by atoms with Gasteiger partial charge >= 0.3 is 0 Å². The second-order valence-corrected chi connectivity index (χ2v) is 4.90. The lowest BCUT2D eigenvalue weighted by atomic mass is 9.57. The van der Waals surface area contributed by atoms with Gasteiger partial charge in [0.25, 0.3) is 0 Å². The molecule has 0 radical (unpaired) electrons. The Hall–Kier alpha value is -0.980. The fraction of sp³-hybridized carbons (Fsp3) is 0.538. The van der Waals surface area contributed by atoms with Gasteiger partial charge in [0.15, 0.2) is 0 Å². The Morgan fingerprint density at radius 3 is 2.57 bits per heavy atom. The summed E-state index contributed by atoms with van der Waals surface area (Å²) in [4.78, 5) is 0. The van der Waals surface area contributed by atoms with E-state index in [-0.39, 0.29) is 0 Å². The summed E-state index contributed by atoms with van der Waals surface area (Å²) < 4.78 is 0. The average molecular weight is 187 g/mol. The Bertz CT molecular complexity index is 347. The minimum atomic E-state index is 0.499. The number of hydrogen-bond acceptors (Lipinski definition) is 1. The standard InChI is InChI=1S/C13H17N/c14-11-6-4-5-10-9-13(12(10)11)7-2-1-3-8-13/h4-6H,1-3,7-9,14H2. The molecule has 1 aromatic carbocycles. The van der Waals surface area contributed by atoms with E-state index in [9.17, 15) is 0 Å². The molecule has 2 aliphatic rings. The maximum absolute atomic E-state index is 6.08. The highest BCUT2D eigenvalue weighted by atomic mass is 14.6. The number of fused-ring (bicyclic) bond motifs is 2. The third-order valence-corrected chi connectivity index (χ3v) is 4.05. The minimum absolute atomic E-state index is 0.499.